The summed E-state index contributed by atoms with van der Waals surface area (Å²) in [6, 6.07) is 6.48. The van der Waals surface area contributed by atoms with Crippen molar-refractivity contribution in [3.63, 3.8) is 0 Å². The van der Waals surface area contributed by atoms with Crippen LogP contribution < -0.4 is 14.8 Å². The number of hydrogen-bond donors (Lipinski definition) is 1. The number of methoxy groups -OCH3 is 2. The third-order valence-corrected chi connectivity index (χ3v) is 3.46. The van der Waals surface area contributed by atoms with Crippen LogP contribution in [0.4, 0.5) is 5.69 Å². The second kappa shape index (κ2) is 5.30. The van der Waals surface area contributed by atoms with Crippen molar-refractivity contribution in [1.29, 1.82) is 0 Å². The molecule has 1 aromatic carbocycles. The second-order valence-corrected chi connectivity index (χ2v) is 4.83. The number of ether oxygens (including phenoxy) is 2. The Morgan fingerprint density at radius 3 is 2.59 bits per heavy atom. The zero-order chi connectivity index (χ0) is 12.3. The number of benzene rings is 1. The van der Waals surface area contributed by atoms with Crippen molar-refractivity contribution < 1.29 is 9.47 Å². The second-order valence-electron chi connectivity index (χ2n) is 4.83. The molecule has 2 unspecified atom stereocenters. The Balaban J connectivity index is 2.09. The van der Waals surface area contributed by atoms with Crippen molar-refractivity contribution in [2.24, 2.45) is 5.92 Å². The van der Waals surface area contributed by atoms with E-state index in [2.05, 4.69) is 12.2 Å². The van der Waals surface area contributed by atoms with Gasteiger partial charge in [-0.2, -0.15) is 0 Å². The van der Waals surface area contributed by atoms with E-state index in [1.54, 1.807) is 14.2 Å². The standard InChI is InChI=1S/C14H21NO2/c1-10-4-5-11(8-10)15-13-7-6-12(16-2)9-14(13)17-3/h6-7,9-11,15H,4-5,8H2,1-3H3. The highest BCUT2D eigenvalue weighted by molar-refractivity contribution is 5.59. The summed E-state index contributed by atoms with van der Waals surface area (Å²) in [5.74, 6) is 2.51. The van der Waals surface area contributed by atoms with Gasteiger partial charge in [0.1, 0.15) is 11.5 Å². The quantitative estimate of drug-likeness (QED) is 0.868. The van der Waals surface area contributed by atoms with Crippen LogP contribution in [0.25, 0.3) is 0 Å². The molecular formula is C14H21NO2. The first-order valence-electron chi connectivity index (χ1n) is 6.21. The number of nitrogens with one attached hydrogen (secondary N) is 1. The van der Waals surface area contributed by atoms with Gasteiger partial charge >= 0.3 is 0 Å². The van der Waals surface area contributed by atoms with Crippen LogP contribution in [0, 0.1) is 5.92 Å². The molecule has 1 aliphatic rings. The van der Waals surface area contributed by atoms with Gasteiger partial charge in [-0.15, -0.1) is 0 Å². The van der Waals surface area contributed by atoms with Crippen LogP contribution in [0.1, 0.15) is 26.2 Å². The van der Waals surface area contributed by atoms with E-state index in [0.29, 0.717) is 6.04 Å². The lowest BCUT2D eigenvalue weighted by Gasteiger charge is -2.17. The summed E-state index contributed by atoms with van der Waals surface area (Å²) in [4.78, 5) is 0. The van der Waals surface area contributed by atoms with Gasteiger partial charge in [-0.3, -0.25) is 0 Å². The van der Waals surface area contributed by atoms with Gasteiger partial charge in [0.2, 0.25) is 0 Å². The molecule has 0 aromatic heterocycles. The summed E-state index contributed by atoms with van der Waals surface area (Å²) in [6.07, 6.45) is 3.81. The van der Waals surface area contributed by atoms with Crippen molar-refractivity contribution in [2.75, 3.05) is 19.5 Å². The minimum absolute atomic E-state index is 0.576. The summed E-state index contributed by atoms with van der Waals surface area (Å²) in [5.41, 5.74) is 1.06. The van der Waals surface area contributed by atoms with Gasteiger partial charge in [0.05, 0.1) is 19.9 Å². The predicted octanol–water partition coefficient (Wildman–Crippen LogP) is 3.30. The van der Waals surface area contributed by atoms with E-state index in [1.807, 2.05) is 18.2 Å². The highest BCUT2D eigenvalue weighted by atomic mass is 16.5. The van der Waals surface area contributed by atoms with Crippen molar-refractivity contribution in [1.82, 2.24) is 0 Å². The van der Waals surface area contributed by atoms with Crippen LogP contribution >= 0.6 is 0 Å². The summed E-state index contributed by atoms with van der Waals surface area (Å²) < 4.78 is 10.6. The van der Waals surface area contributed by atoms with Crippen molar-refractivity contribution in [2.45, 2.75) is 32.2 Å². The molecule has 17 heavy (non-hydrogen) atoms. The van der Waals surface area contributed by atoms with Crippen LogP contribution in [-0.4, -0.2) is 20.3 Å². The summed E-state index contributed by atoms with van der Waals surface area (Å²) in [7, 11) is 3.36. The van der Waals surface area contributed by atoms with E-state index in [-0.39, 0.29) is 0 Å². The lowest BCUT2D eigenvalue weighted by molar-refractivity contribution is 0.395. The van der Waals surface area contributed by atoms with E-state index in [4.69, 9.17) is 9.47 Å². The Morgan fingerprint density at radius 1 is 1.18 bits per heavy atom. The molecule has 3 nitrogen and oxygen atoms in total. The third-order valence-electron chi connectivity index (χ3n) is 3.46. The predicted molar refractivity (Wildman–Crippen MR) is 70.0 cm³/mol. The molecule has 2 rings (SSSR count). The van der Waals surface area contributed by atoms with Crippen LogP contribution in [0.2, 0.25) is 0 Å². The van der Waals surface area contributed by atoms with Crippen molar-refractivity contribution >= 4 is 5.69 Å². The fourth-order valence-corrected chi connectivity index (χ4v) is 2.48. The van der Waals surface area contributed by atoms with Gasteiger partial charge < -0.3 is 14.8 Å². The molecule has 0 bridgehead atoms. The highest BCUT2D eigenvalue weighted by Crippen LogP contribution is 2.33. The summed E-state index contributed by atoms with van der Waals surface area (Å²) in [5, 5.41) is 3.56. The molecule has 0 saturated heterocycles. The van der Waals surface area contributed by atoms with Gasteiger partial charge in [-0.25, -0.2) is 0 Å². The zero-order valence-corrected chi connectivity index (χ0v) is 10.8. The Hall–Kier alpha value is -1.38. The Morgan fingerprint density at radius 2 is 2.00 bits per heavy atom. The Bertz CT molecular complexity index is 378. The molecule has 94 valence electrons. The molecule has 3 heteroatoms. The fraction of sp³-hybridized carbons (Fsp3) is 0.571. The third kappa shape index (κ3) is 2.84. The minimum atomic E-state index is 0.576. The first-order valence-corrected chi connectivity index (χ1v) is 6.21. The van der Waals surface area contributed by atoms with Gasteiger partial charge in [0.25, 0.3) is 0 Å². The van der Waals surface area contributed by atoms with E-state index in [1.165, 1.54) is 19.3 Å². The maximum Gasteiger partial charge on any atom is 0.145 e. The maximum atomic E-state index is 5.38. The van der Waals surface area contributed by atoms with Crippen LogP contribution in [0.5, 0.6) is 11.5 Å². The monoisotopic (exact) mass is 235 g/mol. The van der Waals surface area contributed by atoms with E-state index >= 15 is 0 Å². The molecule has 0 amide bonds. The number of hydrogen-bond acceptors (Lipinski definition) is 3. The first kappa shape index (κ1) is 12.1. The van der Waals surface area contributed by atoms with Crippen molar-refractivity contribution in [3.05, 3.63) is 18.2 Å². The van der Waals surface area contributed by atoms with Gasteiger partial charge in [0.15, 0.2) is 0 Å². The van der Waals surface area contributed by atoms with Gasteiger partial charge in [-0.1, -0.05) is 6.92 Å². The minimum Gasteiger partial charge on any atom is -0.497 e. The number of anilines is 1. The molecule has 0 heterocycles. The zero-order valence-electron chi connectivity index (χ0n) is 10.8. The van der Waals surface area contributed by atoms with Crippen LogP contribution in [0.3, 0.4) is 0 Å². The largest absolute Gasteiger partial charge is 0.497 e. The smallest absolute Gasteiger partial charge is 0.145 e. The van der Waals surface area contributed by atoms with Gasteiger partial charge in [-0.05, 0) is 37.3 Å². The summed E-state index contributed by atoms with van der Waals surface area (Å²) >= 11 is 0. The topological polar surface area (TPSA) is 30.5 Å². The van der Waals surface area contributed by atoms with Gasteiger partial charge in [0, 0.05) is 12.1 Å². The number of rotatable bonds is 4. The molecule has 1 N–H and O–H groups in total. The lowest BCUT2D eigenvalue weighted by atomic mass is 10.1. The summed E-state index contributed by atoms with van der Waals surface area (Å²) in [6.45, 7) is 2.31. The molecule has 0 spiro atoms. The SMILES string of the molecule is COc1ccc(NC2CCC(C)C2)c(OC)c1. The Labute approximate surface area is 103 Å². The normalized spacial score (nSPS) is 23.5. The molecule has 1 fully saturated rings. The molecular weight excluding hydrogens is 214 g/mol. The molecule has 1 saturated carbocycles. The van der Waals surface area contributed by atoms with E-state index in [0.717, 1.165) is 23.1 Å². The van der Waals surface area contributed by atoms with Crippen LogP contribution in [0.15, 0.2) is 18.2 Å². The lowest BCUT2D eigenvalue weighted by Crippen LogP contribution is -2.15. The molecule has 0 aliphatic heterocycles. The average Bonchev–Trinajstić information content (AvgIpc) is 2.75. The molecule has 0 radical (unpaired) electrons. The van der Waals surface area contributed by atoms with E-state index in [9.17, 15) is 0 Å². The van der Waals surface area contributed by atoms with Crippen LogP contribution in [-0.2, 0) is 0 Å². The first-order chi connectivity index (χ1) is 8.22. The average molecular weight is 235 g/mol. The Kier molecular flexibility index (Phi) is 3.77. The highest BCUT2D eigenvalue weighted by Gasteiger charge is 2.21. The molecule has 1 aromatic rings. The molecule has 1 aliphatic carbocycles. The van der Waals surface area contributed by atoms with Crippen molar-refractivity contribution in [3.8, 4) is 11.5 Å². The maximum absolute atomic E-state index is 5.38. The van der Waals surface area contributed by atoms with E-state index < -0.39 is 0 Å². The fourth-order valence-electron chi connectivity index (χ4n) is 2.48. The molecule has 2 atom stereocenters.